The van der Waals surface area contributed by atoms with E-state index in [0.29, 0.717) is 17.2 Å². The fourth-order valence-corrected chi connectivity index (χ4v) is 1.40. The molecule has 1 aromatic rings. The van der Waals surface area contributed by atoms with E-state index in [1.165, 1.54) is 7.11 Å². The maximum Gasteiger partial charge on any atom is 0.411 e. The molecule has 0 aliphatic carbocycles. The van der Waals surface area contributed by atoms with Gasteiger partial charge in [0.25, 0.3) is 5.91 Å². The summed E-state index contributed by atoms with van der Waals surface area (Å²) in [6.45, 7) is 6.01. The minimum absolute atomic E-state index is 0.0543. The average Bonchev–Trinajstić information content (AvgIpc) is 2.38. The van der Waals surface area contributed by atoms with Crippen LogP contribution in [0.3, 0.4) is 0 Å². The topological polar surface area (TPSA) is 67.4 Å². The van der Waals surface area contributed by atoms with Crippen LogP contribution in [0.5, 0.6) is 0 Å². The molecule has 1 rings (SSSR count). The molecule has 104 valence electrons. The zero-order valence-corrected chi connectivity index (χ0v) is 11.7. The van der Waals surface area contributed by atoms with E-state index in [9.17, 15) is 9.59 Å². The zero-order valence-electron chi connectivity index (χ0n) is 11.7. The predicted octanol–water partition coefficient (Wildman–Crippen LogP) is 2.64. The molecule has 0 aliphatic heterocycles. The highest BCUT2D eigenvalue weighted by Gasteiger charge is 2.16. The molecule has 5 heteroatoms. The third kappa shape index (κ3) is 4.28. The van der Waals surface area contributed by atoms with Crippen molar-refractivity contribution in [1.82, 2.24) is 5.32 Å². The van der Waals surface area contributed by atoms with Crippen molar-refractivity contribution >= 4 is 17.7 Å². The highest BCUT2D eigenvalue weighted by molar-refractivity contribution is 6.02. The third-order valence-electron chi connectivity index (χ3n) is 2.95. The van der Waals surface area contributed by atoms with Crippen LogP contribution in [0.15, 0.2) is 24.3 Å². The first kappa shape index (κ1) is 15.0. The lowest BCUT2D eigenvalue weighted by molar-refractivity contribution is 0.0931. The van der Waals surface area contributed by atoms with E-state index < -0.39 is 6.09 Å². The Balaban J connectivity index is 2.87. The molecule has 1 atom stereocenters. The number of rotatable bonds is 4. The number of ether oxygens (including phenoxy) is 1. The van der Waals surface area contributed by atoms with Gasteiger partial charge in [0.1, 0.15) is 0 Å². The summed E-state index contributed by atoms with van der Waals surface area (Å²) in [5.41, 5.74) is 0.850. The second kappa shape index (κ2) is 6.78. The fraction of sp³-hybridized carbons (Fsp3) is 0.429. The number of para-hydroxylation sites is 1. The van der Waals surface area contributed by atoms with Gasteiger partial charge >= 0.3 is 6.09 Å². The highest BCUT2D eigenvalue weighted by atomic mass is 16.5. The minimum Gasteiger partial charge on any atom is -0.453 e. The first-order valence-corrected chi connectivity index (χ1v) is 6.20. The van der Waals surface area contributed by atoms with Crippen LogP contribution in [0.25, 0.3) is 0 Å². The summed E-state index contributed by atoms with van der Waals surface area (Å²) in [4.78, 5) is 23.4. The maximum atomic E-state index is 12.1. The number of methoxy groups -OCH3 is 1. The molecule has 0 bridgehead atoms. The molecule has 0 saturated carbocycles. The Bertz CT molecular complexity index is 458. The van der Waals surface area contributed by atoms with E-state index in [-0.39, 0.29) is 11.9 Å². The lowest BCUT2D eigenvalue weighted by atomic mass is 10.1. The summed E-state index contributed by atoms with van der Waals surface area (Å²) >= 11 is 0. The first-order valence-electron chi connectivity index (χ1n) is 6.20. The number of carbonyl (C=O) groups excluding carboxylic acids is 2. The maximum absolute atomic E-state index is 12.1. The molecule has 0 saturated heterocycles. The van der Waals surface area contributed by atoms with Crippen LogP contribution in [-0.4, -0.2) is 25.2 Å². The molecule has 0 radical (unpaired) electrons. The van der Waals surface area contributed by atoms with Gasteiger partial charge in [0.05, 0.1) is 18.4 Å². The Kier molecular flexibility index (Phi) is 5.36. The molecular weight excluding hydrogens is 244 g/mol. The van der Waals surface area contributed by atoms with Crippen LogP contribution in [0.4, 0.5) is 10.5 Å². The van der Waals surface area contributed by atoms with Gasteiger partial charge < -0.3 is 10.1 Å². The Morgan fingerprint density at radius 3 is 2.37 bits per heavy atom. The molecule has 0 spiro atoms. The summed E-state index contributed by atoms with van der Waals surface area (Å²) in [6.07, 6.45) is -0.600. The van der Waals surface area contributed by atoms with Gasteiger partial charge in [-0.25, -0.2) is 4.79 Å². The molecule has 1 aromatic carbocycles. The van der Waals surface area contributed by atoms with Crippen molar-refractivity contribution in [3.8, 4) is 0 Å². The molecular formula is C14H20N2O3. The average molecular weight is 264 g/mol. The van der Waals surface area contributed by atoms with Crippen molar-refractivity contribution in [2.45, 2.75) is 26.8 Å². The summed E-state index contributed by atoms with van der Waals surface area (Å²) in [5, 5.41) is 5.42. The van der Waals surface area contributed by atoms with Gasteiger partial charge in [0.2, 0.25) is 0 Å². The molecule has 1 unspecified atom stereocenters. The summed E-state index contributed by atoms with van der Waals surface area (Å²) < 4.78 is 4.53. The van der Waals surface area contributed by atoms with Gasteiger partial charge in [-0.15, -0.1) is 0 Å². The largest absolute Gasteiger partial charge is 0.453 e. The Hall–Kier alpha value is -2.04. The molecule has 5 nitrogen and oxygen atoms in total. The van der Waals surface area contributed by atoms with Crippen LogP contribution < -0.4 is 10.6 Å². The molecule has 0 aliphatic rings. The van der Waals surface area contributed by atoms with Gasteiger partial charge in [0, 0.05) is 6.04 Å². The normalized spacial score (nSPS) is 11.8. The van der Waals surface area contributed by atoms with Gasteiger partial charge in [-0.1, -0.05) is 26.0 Å². The Morgan fingerprint density at radius 1 is 1.16 bits per heavy atom. The SMILES string of the molecule is COC(=O)Nc1ccccc1C(=O)NC(C)C(C)C. The molecule has 2 amide bonds. The number of anilines is 1. The van der Waals surface area contributed by atoms with E-state index in [4.69, 9.17) is 0 Å². The molecule has 2 N–H and O–H groups in total. The number of hydrogen-bond donors (Lipinski definition) is 2. The minimum atomic E-state index is -0.600. The van der Waals surface area contributed by atoms with E-state index in [2.05, 4.69) is 15.4 Å². The number of benzene rings is 1. The Labute approximate surface area is 113 Å². The lowest BCUT2D eigenvalue weighted by Gasteiger charge is -2.18. The summed E-state index contributed by atoms with van der Waals surface area (Å²) in [6, 6.07) is 6.86. The summed E-state index contributed by atoms with van der Waals surface area (Å²) in [7, 11) is 1.28. The van der Waals surface area contributed by atoms with Crippen molar-refractivity contribution in [1.29, 1.82) is 0 Å². The third-order valence-corrected chi connectivity index (χ3v) is 2.95. The van der Waals surface area contributed by atoms with Gasteiger partial charge in [-0.3, -0.25) is 10.1 Å². The number of amides is 2. The number of hydrogen-bond acceptors (Lipinski definition) is 3. The van der Waals surface area contributed by atoms with Crippen LogP contribution >= 0.6 is 0 Å². The van der Waals surface area contributed by atoms with E-state index in [0.717, 1.165) is 0 Å². The van der Waals surface area contributed by atoms with E-state index in [1.54, 1.807) is 24.3 Å². The van der Waals surface area contributed by atoms with Crippen LogP contribution in [0, 0.1) is 5.92 Å². The van der Waals surface area contributed by atoms with E-state index >= 15 is 0 Å². The summed E-state index contributed by atoms with van der Waals surface area (Å²) in [5.74, 6) is 0.123. The second-order valence-corrected chi connectivity index (χ2v) is 4.67. The standard InChI is InChI=1S/C14H20N2O3/c1-9(2)10(3)15-13(17)11-7-5-6-8-12(11)16-14(18)19-4/h5-10H,1-4H3,(H,15,17)(H,16,18). The monoisotopic (exact) mass is 264 g/mol. The lowest BCUT2D eigenvalue weighted by Crippen LogP contribution is -2.36. The highest BCUT2D eigenvalue weighted by Crippen LogP contribution is 2.16. The first-order chi connectivity index (χ1) is 8.95. The van der Waals surface area contributed by atoms with Crippen molar-refractivity contribution in [2.24, 2.45) is 5.92 Å². The zero-order chi connectivity index (χ0) is 14.4. The molecule has 0 heterocycles. The van der Waals surface area contributed by atoms with Crippen molar-refractivity contribution < 1.29 is 14.3 Å². The number of nitrogens with one attached hydrogen (secondary N) is 2. The molecule has 0 fully saturated rings. The van der Waals surface area contributed by atoms with Crippen molar-refractivity contribution in [3.63, 3.8) is 0 Å². The second-order valence-electron chi connectivity index (χ2n) is 4.67. The molecule has 19 heavy (non-hydrogen) atoms. The quantitative estimate of drug-likeness (QED) is 0.878. The van der Waals surface area contributed by atoms with Crippen molar-refractivity contribution in [2.75, 3.05) is 12.4 Å². The smallest absolute Gasteiger partial charge is 0.411 e. The number of carbonyl (C=O) groups is 2. The van der Waals surface area contributed by atoms with Gasteiger partial charge in [-0.2, -0.15) is 0 Å². The van der Waals surface area contributed by atoms with Gasteiger partial charge in [0.15, 0.2) is 0 Å². The fourth-order valence-electron chi connectivity index (χ4n) is 1.40. The van der Waals surface area contributed by atoms with Crippen LogP contribution in [0.2, 0.25) is 0 Å². The van der Waals surface area contributed by atoms with Crippen molar-refractivity contribution in [3.05, 3.63) is 29.8 Å². The van der Waals surface area contributed by atoms with E-state index in [1.807, 2.05) is 20.8 Å². The van der Waals surface area contributed by atoms with Gasteiger partial charge in [-0.05, 0) is 25.0 Å². The van der Waals surface area contributed by atoms with Crippen LogP contribution in [0.1, 0.15) is 31.1 Å². The van der Waals surface area contributed by atoms with Crippen LogP contribution in [-0.2, 0) is 4.74 Å². The molecule has 0 aromatic heterocycles. The predicted molar refractivity (Wildman–Crippen MR) is 74.2 cm³/mol. The Morgan fingerprint density at radius 2 is 1.79 bits per heavy atom.